The average molecular weight is 425 g/mol. The Morgan fingerprint density at radius 2 is 1.25 bits per heavy atom. The van der Waals surface area contributed by atoms with Crippen molar-refractivity contribution in [3.63, 3.8) is 0 Å². The van der Waals surface area contributed by atoms with Gasteiger partial charge in [0.25, 0.3) is 0 Å². The van der Waals surface area contributed by atoms with Crippen molar-refractivity contribution in [1.29, 1.82) is 0 Å². The molecule has 0 aliphatic heterocycles. The van der Waals surface area contributed by atoms with Gasteiger partial charge in [0, 0.05) is 16.9 Å². The zero-order valence-corrected chi connectivity index (χ0v) is 19.0. The number of rotatable bonds is 6. The maximum absolute atomic E-state index is 2.32. The summed E-state index contributed by atoms with van der Waals surface area (Å²) in [5, 5.41) is 0. The highest BCUT2D eigenvalue weighted by Gasteiger charge is 2.26. The normalized spacial score (nSPS) is 24.3. The van der Waals surface area contributed by atoms with E-state index < -0.39 is 0 Å². The number of hydrogen-bond acceptors (Lipinski definition) is 0. The van der Waals surface area contributed by atoms with E-state index in [1.807, 2.05) is 0 Å². The molecular formula is C28H32N4+2. The van der Waals surface area contributed by atoms with Crippen LogP contribution in [0.3, 0.4) is 0 Å². The second-order valence-electron chi connectivity index (χ2n) is 9.80. The lowest BCUT2D eigenvalue weighted by Gasteiger charge is -2.23. The van der Waals surface area contributed by atoms with E-state index in [4.69, 9.17) is 0 Å². The van der Waals surface area contributed by atoms with Crippen LogP contribution >= 0.6 is 0 Å². The molecule has 0 radical (unpaired) electrons. The Morgan fingerprint density at radius 3 is 1.69 bits per heavy atom. The highest BCUT2D eigenvalue weighted by molar-refractivity contribution is 5.43. The van der Waals surface area contributed by atoms with E-state index in [0.717, 1.165) is 37.3 Å². The zero-order valence-electron chi connectivity index (χ0n) is 19.0. The maximum Gasteiger partial charge on any atom is 0.249 e. The topological polar surface area (TPSA) is 17.6 Å². The lowest BCUT2D eigenvalue weighted by molar-refractivity contribution is -0.706. The Bertz CT molecular complexity index is 1130. The Labute approximate surface area is 190 Å². The van der Waals surface area contributed by atoms with Crippen LogP contribution in [0.1, 0.15) is 26.7 Å². The average Bonchev–Trinajstić information content (AvgIpc) is 3.44. The minimum atomic E-state index is 0.173. The molecule has 2 aliphatic carbocycles. The SMILES string of the molecule is CC1(C[n+]2ccn(-c3cccc(-n4cc[n+](CC5(C)C=CC=CC5)c4)c3)c2)C=CC=CC1. The molecule has 0 spiro atoms. The van der Waals surface area contributed by atoms with Crippen molar-refractivity contribution in [2.75, 3.05) is 0 Å². The van der Waals surface area contributed by atoms with Crippen molar-refractivity contribution in [1.82, 2.24) is 9.13 Å². The predicted octanol–water partition coefficient (Wildman–Crippen LogP) is 4.89. The molecule has 1 aromatic carbocycles. The fourth-order valence-electron chi connectivity index (χ4n) is 4.71. The molecule has 2 unspecified atom stereocenters. The van der Waals surface area contributed by atoms with Crippen molar-refractivity contribution in [3.8, 4) is 11.4 Å². The molecule has 3 aromatic rings. The summed E-state index contributed by atoms with van der Waals surface area (Å²) < 4.78 is 8.97. The molecule has 0 N–H and O–H groups in total. The summed E-state index contributed by atoms with van der Waals surface area (Å²) in [6, 6.07) is 8.70. The molecule has 2 heterocycles. The van der Waals surface area contributed by atoms with Gasteiger partial charge in [-0.3, -0.25) is 0 Å². The second kappa shape index (κ2) is 8.27. The molecule has 0 saturated carbocycles. The molecular weight excluding hydrogens is 392 g/mol. The van der Waals surface area contributed by atoms with Crippen LogP contribution < -0.4 is 9.13 Å². The molecule has 4 heteroatoms. The first kappa shape index (κ1) is 20.5. The summed E-state index contributed by atoms with van der Waals surface area (Å²) in [4.78, 5) is 0. The molecule has 0 saturated heterocycles. The summed E-state index contributed by atoms with van der Waals surface area (Å²) >= 11 is 0. The van der Waals surface area contributed by atoms with Crippen molar-refractivity contribution in [2.24, 2.45) is 10.8 Å². The summed E-state index contributed by atoms with van der Waals surface area (Å²) in [5.41, 5.74) is 2.68. The van der Waals surface area contributed by atoms with E-state index in [9.17, 15) is 0 Å². The van der Waals surface area contributed by atoms with Crippen LogP contribution in [0.15, 0.2) is 110 Å². The Balaban J connectivity index is 1.32. The second-order valence-corrected chi connectivity index (χ2v) is 9.80. The fraction of sp³-hybridized carbons (Fsp3) is 0.286. The van der Waals surface area contributed by atoms with Gasteiger partial charge in [0.2, 0.25) is 12.7 Å². The smallest absolute Gasteiger partial charge is 0.236 e. The lowest BCUT2D eigenvalue weighted by Crippen LogP contribution is -2.40. The van der Waals surface area contributed by atoms with Gasteiger partial charge in [-0.2, -0.15) is 0 Å². The molecule has 2 aliphatic rings. The van der Waals surface area contributed by atoms with Gasteiger partial charge in [0.1, 0.15) is 36.2 Å². The highest BCUT2D eigenvalue weighted by atomic mass is 15.1. The van der Waals surface area contributed by atoms with Crippen molar-refractivity contribution in [3.05, 3.63) is 110 Å². The molecule has 5 rings (SSSR count). The largest absolute Gasteiger partial charge is 0.249 e. The number of allylic oxidation sites excluding steroid dienone is 8. The number of aromatic nitrogens is 4. The first-order chi connectivity index (χ1) is 15.5. The van der Waals surface area contributed by atoms with Gasteiger partial charge in [-0.25, -0.2) is 18.3 Å². The van der Waals surface area contributed by atoms with E-state index in [0.29, 0.717) is 0 Å². The van der Waals surface area contributed by atoms with Crippen LogP contribution in [0.5, 0.6) is 0 Å². The number of imidazole rings is 2. The minimum Gasteiger partial charge on any atom is -0.236 e. The summed E-state index contributed by atoms with van der Waals surface area (Å²) in [5.74, 6) is 0. The van der Waals surface area contributed by atoms with Gasteiger partial charge in [0.05, 0.1) is 13.1 Å². The molecule has 162 valence electrons. The summed E-state index contributed by atoms with van der Waals surface area (Å²) in [7, 11) is 0. The lowest BCUT2D eigenvalue weighted by atomic mass is 9.84. The van der Waals surface area contributed by atoms with Crippen LogP contribution in [-0.4, -0.2) is 9.13 Å². The zero-order chi connectivity index (χ0) is 22.0. The van der Waals surface area contributed by atoms with Crippen molar-refractivity contribution >= 4 is 0 Å². The first-order valence-electron chi connectivity index (χ1n) is 11.4. The molecule has 2 aromatic heterocycles. The van der Waals surface area contributed by atoms with Crippen LogP contribution in [0.4, 0.5) is 0 Å². The Hall–Kier alpha value is -3.40. The standard InChI is InChI=1S/C28H32N4/c1-27(12-5-3-6-13-27)21-29-16-18-31(23-29)25-10-9-11-26(20-25)32-19-17-30(24-32)22-28(2)14-7-4-8-15-28/h3-12,14,16-20,23-24H,13,15,21-22H2,1-2H3/q+2. The van der Waals surface area contributed by atoms with E-state index in [1.54, 1.807) is 0 Å². The molecule has 0 amide bonds. The van der Waals surface area contributed by atoms with Crippen molar-refractivity contribution < 1.29 is 9.13 Å². The predicted molar refractivity (Wildman–Crippen MR) is 127 cm³/mol. The number of benzene rings is 1. The van der Waals surface area contributed by atoms with Gasteiger partial charge in [-0.1, -0.05) is 68.5 Å². The summed E-state index contributed by atoms with van der Waals surface area (Å²) in [6.45, 7) is 6.58. The van der Waals surface area contributed by atoms with Gasteiger partial charge < -0.3 is 0 Å². The van der Waals surface area contributed by atoms with E-state index in [1.165, 1.54) is 0 Å². The Morgan fingerprint density at radius 1 is 0.750 bits per heavy atom. The fourth-order valence-corrected chi connectivity index (χ4v) is 4.71. The summed E-state index contributed by atoms with van der Waals surface area (Å²) in [6.07, 6.45) is 32.9. The van der Waals surface area contributed by atoms with E-state index in [-0.39, 0.29) is 10.8 Å². The molecule has 4 nitrogen and oxygen atoms in total. The van der Waals surface area contributed by atoms with Crippen LogP contribution in [0.2, 0.25) is 0 Å². The molecule has 0 fully saturated rings. The van der Waals surface area contributed by atoms with E-state index in [2.05, 4.69) is 142 Å². The maximum atomic E-state index is 2.32. The third-order valence-corrected chi connectivity index (χ3v) is 6.56. The van der Waals surface area contributed by atoms with Gasteiger partial charge >= 0.3 is 0 Å². The third-order valence-electron chi connectivity index (χ3n) is 6.56. The van der Waals surface area contributed by atoms with Gasteiger partial charge in [0.15, 0.2) is 0 Å². The van der Waals surface area contributed by atoms with Gasteiger partial charge in [-0.15, -0.1) is 0 Å². The Kier molecular flexibility index (Phi) is 5.30. The van der Waals surface area contributed by atoms with Crippen LogP contribution in [0.25, 0.3) is 11.4 Å². The third kappa shape index (κ3) is 4.45. The number of hydrogen-bond donors (Lipinski definition) is 0. The number of nitrogens with zero attached hydrogens (tertiary/aromatic N) is 4. The monoisotopic (exact) mass is 424 g/mol. The van der Waals surface area contributed by atoms with Crippen LogP contribution in [0, 0.1) is 10.8 Å². The molecule has 0 bridgehead atoms. The van der Waals surface area contributed by atoms with Crippen molar-refractivity contribution in [2.45, 2.75) is 39.8 Å². The highest BCUT2D eigenvalue weighted by Crippen LogP contribution is 2.28. The van der Waals surface area contributed by atoms with E-state index >= 15 is 0 Å². The minimum absolute atomic E-state index is 0.173. The quantitative estimate of drug-likeness (QED) is 0.502. The first-order valence-corrected chi connectivity index (χ1v) is 11.4. The van der Waals surface area contributed by atoms with Gasteiger partial charge in [-0.05, 0) is 25.0 Å². The molecule has 32 heavy (non-hydrogen) atoms. The molecule has 2 atom stereocenters. The van der Waals surface area contributed by atoms with Crippen LogP contribution in [-0.2, 0) is 13.1 Å².